The lowest BCUT2D eigenvalue weighted by Crippen LogP contribution is -2.35. The fourth-order valence-corrected chi connectivity index (χ4v) is 2.17. The number of rotatable bonds is 4. The van der Waals surface area contributed by atoms with Crippen molar-refractivity contribution >= 4 is 18.2 Å². The van der Waals surface area contributed by atoms with E-state index >= 15 is 0 Å². The van der Waals surface area contributed by atoms with Crippen molar-refractivity contribution in [3.8, 4) is 0 Å². The zero-order valence-electron chi connectivity index (χ0n) is 10.1. The van der Waals surface area contributed by atoms with E-state index in [0.29, 0.717) is 25.2 Å². The van der Waals surface area contributed by atoms with Gasteiger partial charge in [-0.05, 0) is 37.3 Å². The van der Waals surface area contributed by atoms with E-state index in [2.05, 4.69) is 4.98 Å². The van der Waals surface area contributed by atoms with E-state index in [4.69, 9.17) is 5.11 Å². The van der Waals surface area contributed by atoms with E-state index in [1.165, 1.54) is 4.90 Å². The predicted octanol–water partition coefficient (Wildman–Crippen LogP) is 2.03. The third-order valence-electron chi connectivity index (χ3n) is 3.08. The minimum Gasteiger partial charge on any atom is -0.465 e. The lowest BCUT2D eigenvalue weighted by atomic mass is 10.0. The molecular formula is C13H16N2O3. The summed E-state index contributed by atoms with van der Waals surface area (Å²) in [4.78, 5) is 27.1. The number of carbonyl (C=O) groups is 2. The minimum absolute atomic E-state index is 0.507. The molecule has 0 radical (unpaired) electrons. The first-order valence-electron chi connectivity index (χ1n) is 6.15. The Morgan fingerprint density at radius 1 is 1.50 bits per heavy atom. The standard InChI is InChI=1S/C13H16N2O3/c16-9-2-1-5-11-7-6-10-4-3-8-15(13(17)18)12(10)14-11/h6-7,9H,1-5,8H2,(H,17,18). The van der Waals surface area contributed by atoms with Gasteiger partial charge in [0.05, 0.1) is 0 Å². The summed E-state index contributed by atoms with van der Waals surface area (Å²) in [5, 5.41) is 9.13. The SMILES string of the molecule is O=CCCCc1ccc2c(n1)N(C(=O)O)CCC2. The second kappa shape index (κ2) is 5.62. The van der Waals surface area contributed by atoms with Crippen LogP contribution in [0.1, 0.15) is 30.5 Å². The highest BCUT2D eigenvalue weighted by Gasteiger charge is 2.23. The molecule has 0 saturated heterocycles. The quantitative estimate of drug-likeness (QED) is 0.653. The van der Waals surface area contributed by atoms with Gasteiger partial charge in [-0.25, -0.2) is 9.78 Å². The summed E-state index contributed by atoms with van der Waals surface area (Å²) >= 11 is 0. The maximum Gasteiger partial charge on any atom is 0.413 e. The number of hydrogen-bond acceptors (Lipinski definition) is 3. The molecule has 1 aliphatic rings. The van der Waals surface area contributed by atoms with Crippen molar-refractivity contribution < 1.29 is 14.7 Å². The van der Waals surface area contributed by atoms with Crippen LogP contribution in [0.3, 0.4) is 0 Å². The molecule has 0 atom stereocenters. The summed E-state index contributed by atoms with van der Waals surface area (Å²) < 4.78 is 0. The molecule has 5 heteroatoms. The Morgan fingerprint density at radius 3 is 3.06 bits per heavy atom. The van der Waals surface area contributed by atoms with Crippen molar-refractivity contribution in [2.24, 2.45) is 0 Å². The molecule has 1 amide bonds. The number of aromatic nitrogens is 1. The molecule has 0 bridgehead atoms. The maximum atomic E-state index is 11.1. The summed E-state index contributed by atoms with van der Waals surface area (Å²) in [6, 6.07) is 3.88. The third-order valence-corrected chi connectivity index (χ3v) is 3.08. The van der Waals surface area contributed by atoms with Crippen LogP contribution >= 0.6 is 0 Å². The molecule has 0 saturated carbocycles. The Bertz CT molecular complexity index is 460. The number of carboxylic acid groups (broad SMARTS) is 1. The highest BCUT2D eigenvalue weighted by molar-refractivity contribution is 5.86. The molecule has 1 aromatic rings. The van der Waals surface area contributed by atoms with E-state index in [1.54, 1.807) is 0 Å². The number of anilines is 1. The summed E-state index contributed by atoms with van der Waals surface area (Å²) in [5.74, 6) is 0.567. The van der Waals surface area contributed by atoms with Crippen LogP contribution in [0.5, 0.6) is 0 Å². The number of unbranched alkanes of at least 4 members (excludes halogenated alkanes) is 1. The van der Waals surface area contributed by atoms with Gasteiger partial charge in [-0.3, -0.25) is 4.90 Å². The molecule has 18 heavy (non-hydrogen) atoms. The van der Waals surface area contributed by atoms with E-state index in [1.807, 2.05) is 12.1 Å². The number of pyridine rings is 1. The highest BCUT2D eigenvalue weighted by atomic mass is 16.4. The van der Waals surface area contributed by atoms with E-state index in [-0.39, 0.29) is 0 Å². The monoisotopic (exact) mass is 248 g/mol. The number of nitrogens with zero attached hydrogens (tertiary/aromatic N) is 2. The lowest BCUT2D eigenvalue weighted by molar-refractivity contribution is -0.107. The average Bonchev–Trinajstić information content (AvgIpc) is 2.38. The predicted molar refractivity (Wildman–Crippen MR) is 66.9 cm³/mol. The topological polar surface area (TPSA) is 70.5 Å². The van der Waals surface area contributed by atoms with Crippen LogP contribution in [0.2, 0.25) is 0 Å². The lowest BCUT2D eigenvalue weighted by Gasteiger charge is -2.26. The van der Waals surface area contributed by atoms with Crippen LogP contribution in [-0.4, -0.2) is 29.0 Å². The summed E-state index contributed by atoms with van der Waals surface area (Å²) in [7, 11) is 0. The number of amides is 1. The van der Waals surface area contributed by atoms with Crippen LogP contribution in [0.15, 0.2) is 12.1 Å². The summed E-state index contributed by atoms with van der Waals surface area (Å²) in [6.07, 6.45) is 3.63. The van der Waals surface area contributed by atoms with Gasteiger partial charge in [-0.15, -0.1) is 0 Å². The Balaban J connectivity index is 2.19. The molecule has 1 N–H and O–H groups in total. The Kier molecular flexibility index (Phi) is 3.92. The number of aldehydes is 1. The number of aryl methyl sites for hydroxylation is 2. The van der Waals surface area contributed by atoms with E-state index in [0.717, 1.165) is 36.8 Å². The van der Waals surface area contributed by atoms with Gasteiger partial charge in [0.15, 0.2) is 0 Å². The zero-order valence-corrected chi connectivity index (χ0v) is 10.1. The van der Waals surface area contributed by atoms with Crippen molar-refractivity contribution in [3.05, 3.63) is 23.4 Å². The van der Waals surface area contributed by atoms with Crippen LogP contribution < -0.4 is 4.90 Å². The van der Waals surface area contributed by atoms with Gasteiger partial charge < -0.3 is 9.90 Å². The van der Waals surface area contributed by atoms with Gasteiger partial charge in [-0.2, -0.15) is 0 Å². The Labute approximate surface area is 105 Å². The first-order valence-corrected chi connectivity index (χ1v) is 6.15. The molecule has 0 spiro atoms. The molecule has 1 aromatic heterocycles. The molecule has 0 fully saturated rings. The number of carbonyl (C=O) groups excluding carboxylic acids is 1. The largest absolute Gasteiger partial charge is 0.465 e. The third kappa shape index (κ3) is 2.67. The van der Waals surface area contributed by atoms with Gasteiger partial charge in [0, 0.05) is 18.7 Å². The molecule has 2 heterocycles. The van der Waals surface area contributed by atoms with Gasteiger partial charge in [-0.1, -0.05) is 6.07 Å². The van der Waals surface area contributed by atoms with Crippen molar-refractivity contribution in [2.45, 2.75) is 32.1 Å². The minimum atomic E-state index is -0.950. The van der Waals surface area contributed by atoms with Crippen molar-refractivity contribution in [3.63, 3.8) is 0 Å². The first kappa shape index (κ1) is 12.5. The smallest absolute Gasteiger partial charge is 0.413 e. The van der Waals surface area contributed by atoms with Crippen molar-refractivity contribution in [2.75, 3.05) is 11.4 Å². The van der Waals surface area contributed by atoms with Crippen LogP contribution in [0, 0.1) is 0 Å². The van der Waals surface area contributed by atoms with Crippen LogP contribution in [0.25, 0.3) is 0 Å². The van der Waals surface area contributed by atoms with E-state index < -0.39 is 6.09 Å². The Morgan fingerprint density at radius 2 is 2.33 bits per heavy atom. The van der Waals surface area contributed by atoms with Crippen molar-refractivity contribution in [1.82, 2.24) is 4.98 Å². The average molecular weight is 248 g/mol. The van der Waals surface area contributed by atoms with Gasteiger partial charge in [0.1, 0.15) is 12.1 Å². The fraction of sp³-hybridized carbons (Fsp3) is 0.462. The number of fused-ring (bicyclic) bond motifs is 1. The second-order valence-corrected chi connectivity index (χ2v) is 4.38. The van der Waals surface area contributed by atoms with Crippen molar-refractivity contribution in [1.29, 1.82) is 0 Å². The molecule has 2 rings (SSSR count). The fourth-order valence-electron chi connectivity index (χ4n) is 2.17. The molecule has 1 aliphatic heterocycles. The molecule has 0 unspecified atom stereocenters. The normalized spacial score (nSPS) is 14.1. The molecule has 0 aromatic carbocycles. The second-order valence-electron chi connectivity index (χ2n) is 4.38. The Hall–Kier alpha value is -1.91. The van der Waals surface area contributed by atoms with Gasteiger partial charge >= 0.3 is 6.09 Å². The summed E-state index contributed by atoms with van der Waals surface area (Å²) in [5.41, 5.74) is 1.84. The van der Waals surface area contributed by atoms with Gasteiger partial charge in [0.2, 0.25) is 0 Å². The maximum absolute atomic E-state index is 11.1. The first-order chi connectivity index (χ1) is 8.72. The number of hydrogen-bond donors (Lipinski definition) is 1. The zero-order chi connectivity index (χ0) is 13.0. The molecule has 0 aliphatic carbocycles. The highest BCUT2D eigenvalue weighted by Crippen LogP contribution is 2.25. The van der Waals surface area contributed by atoms with Crippen LogP contribution in [0.4, 0.5) is 10.6 Å². The summed E-state index contributed by atoms with van der Waals surface area (Å²) in [6.45, 7) is 0.507. The molecule has 5 nitrogen and oxygen atoms in total. The van der Waals surface area contributed by atoms with Crippen LogP contribution in [-0.2, 0) is 17.6 Å². The van der Waals surface area contributed by atoms with Gasteiger partial charge in [0.25, 0.3) is 0 Å². The molecule has 96 valence electrons. The molecular weight excluding hydrogens is 232 g/mol. The van der Waals surface area contributed by atoms with E-state index in [9.17, 15) is 9.59 Å².